The van der Waals surface area contributed by atoms with Crippen molar-refractivity contribution < 1.29 is 19.6 Å². The van der Waals surface area contributed by atoms with Crippen molar-refractivity contribution in [2.75, 3.05) is 18.5 Å². The topological polar surface area (TPSA) is 102 Å². The Balaban J connectivity index is 2.32. The molecule has 2 atom stereocenters. The number of benzene rings is 1. The van der Waals surface area contributed by atoms with Crippen LogP contribution in [0.25, 0.3) is 0 Å². The van der Waals surface area contributed by atoms with Crippen molar-refractivity contribution in [1.29, 1.82) is 0 Å². The minimum absolute atomic E-state index is 0.0508. The molecule has 7 heteroatoms. The summed E-state index contributed by atoms with van der Waals surface area (Å²) in [6.07, 6.45) is 0.925. The third-order valence-corrected chi connectivity index (χ3v) is 3.88. The number of nitro benzene ring substituents is 1. The van der Waals surface area contributed by atoms with E-state index in [4.69, 9.17) is 9.84 Å². The maximum Gasteiger partial charge on any atom is 0.336 e. The normalized spacial score (nSPS) is 19.2. The van der Waals surface area contributed by atoms with Gasteiger partial charge < -0.3 is 15.2 Å². The lowest BCUT2D eigenvalue weighted by Crippen LogP contribution is -2.26. The van der Waals surface area contributed by atoms with Gasteiger partial charge in [0, 0.05) is 35.9 Å². The summed E-state index contributed by atoms with van der Waals surface area (Å²) in [5, 5.41) is 23.3. The monoisotopic (exact) mass is 294 g/mol. The summed E-state index contributed by atoms with van der Waals surface area (Å²) in [5.41, 5.74) is 0.647. The summed E-state index contributed by atoms with van der Waals surface area (Å²) in [6, 6.07) is 2.58. The quantitative estimate of drug-likeness (QED) is 0.639. The minimum Gasteiger partial charge on any atom is -0.478 e. The molecule has 0 radical (unpaired) electrons. The van der Waals surface area contributed by atoms with Crippen LogP contribution in [0.5, 0.6) is 0 Å². The van der Waals surface area contributed by atoms with E-state index in [-0.39, 0.29) is 17.3 Å². The van der Waals surface area contributed by atoms with Crippen LogP contribution in [-0.4, -0.2) is 35.3 Å². The van der Waals surface area contributed by atoms with E-state index in [1.54, 1.807) is 6.92 Å². The molecule has 1 aliphatic rings. The van der Waals surface area contributed by atoms with Crippen molar-refractivity contribution in [3.63, 3.8) is 0 Å². The molecular formula is C14H18N2O5. The first-order valence-corrected chi connectivity index (χ1v) is 6.76. The van der Waals surface area contributed by atoms with Crippen molar-refractivity contribution >= 4 is 17.3 Å². The Morgan fingerprint density at radius 3 is 2.81 bits per heavy atom. The van der Waals surface area contributed by atoms with Crippen LogP contribution in [-0.2, 0) is 4.74 Å². The van der Waals surface area contributed by atoms with Gasteiger partial charge in [-0.2, -0.15) is 0 Å². The number of nitrogens with one attached hydrogen (secondary N) is 1. The van der Waals surface area contributed by atoms with Crippen LogP contribution < -0.4 is 5.32 Å². The van der Waals surface area contributed by atoms with E-state index in [1.165, 1.54) is 6.07 Å². The fourth-order valence-electron chi connectivity index (χ4n) is 2.47. The molecule has 1 fully saturated rings. The van der Waals surface area contributed by atoms with Crippen molar-refractivity contribution in [2.24, 2.45) is 5.92 Å². The molecule has 0 amide bonds. The molecule has 0 aliphatic carbocycles. The second kappa shape index (κ2) is 6.09. The third kappa shape index (κ3) is 3.30. The lowest BCUT2D eigenvalue weighted by atomic mass is 9.99. The number of rotatable bonds is 5. The fraction of sp³-hybridized carbons (Fsp3) is 0.500. The first-order valence-electron chi connectivity index (χ1n) is 6.76. The summed E-state index contributed by atoms with van der Waals surface area (Å²) in [4.78, 5) is 21.6. The van der Waals surface area contributed by atoms with Crippen molar-refractivity contribution in [2.45, 2.75) is 26.3 Å². The molecule has 2 N–H and O–H groups in total. The number of nitrogens with zero attached hydrogens (tertiary/aromatic N) is 1. The van der Waals surface area contributed by atoms with Gasteiger partial charge in [-0.1, -0.05) is 0 Å². The van der Waals surface area contributed by atoms with Gasteiger partial charge in [-0.25, -0.2) is 4.79 Å². The van der Waals surface area contributed by atoms with E-state index in [2.05, 4.69) is 5.32 Å². The van der Waals surface area contributed by atoms with Crippen molar-refractivity contribution in [1.82, 2.24) is 0 Å². The highest BCUT2D eigenvalue weighted by Crippen LogP contribution is 2.30. The van der Waals surface area contributed by atoms with Crippen LogP contribution in [0.2, 0.25) is 0 Å². The van der Waals surface area contributed by atoms with Crippen molar-refractivity contribution in [3.8, 4) is 0 Å². The molecule has 21 heavy (non-hydrogen) atoms. The molecule has 1 aromatic rings. The van der Waals surface area contributed by atoms with Crippen LogP contribution >= 0.6 is 0 Å². The summed E-state index contributed by atoms with van der Waals surface area (Å²) in [5.74, 6) is -0.866. The number of hydrogen-bond acceptors (Lipinski definition) is 5. The minimum atomic E-state index is -1.18. The molecule has 114 valence electrons. The largest absolute Gasteiger partial charge is 0.478 e. The van der Waals surface area contributed by atoms with E-state index in [1.807, 2.05) is 6.92 Å². The Labute approximate surface area is 122 Å². The zero-order valence-electron chi connectivity index (χ0n) is 12.0. The van der Waals surface area contributed by atoms with Gasteiger partial charge in [0.2, 0.25) is 0 Å². The molecular weight excluding hydrogens is 276 g/mol. The van der Waals surface area contributed by atoms with E-state index < -0.39 is 10.9 Å². The second-order valence-corrected chi connectivity index (χ2v) is 5.29. The molecule has 1 saturated heterocycles. The summed E-state index contributed by atoms with van der Waals surface area (Å²) >= 11 is 0. The summed E-state index contributed by atoms with van der Waals surface area (Å²) in [7, 11) is 0. The molecule has 0 spiro atoms. The summed E-state index contributed by atoms with van der Waals surface area (Å²) in [6.45, 7) is 4.95. The molecule has 2 unspecified atom stereocenters. The van der Waals surface area contributed by atoms with E-state index in [0.29, 0.717) is 30.4 Å². The maximum absolute atomic E-state index is 11.1. The van der Waals surface area contributed by atoms with Crippen LogP contribution in [0.4, 0.5) is 11.4 Å². The Morgan fingerprint density at radius 2 is 2.29 bits per heavy atom. The van der Waals surface area contributed by atoms with Gasteiger partial charge in [0.05, 0.1) is 17.1 Å². The Bertz CT molecular complexity index is 567. The van der Waals surface area contributed by atoms with Gasteiger partial charge in [-0.3, -0.25) is 10.1 Å². The lowest BCUT2D eigenvalue weighted by molar-refractivity contribution is -0.385. The molecule has 0 aromatic heterocycles. The predicted octanol–water partition coefficient (Wildman–Crippen LogP) is 2.44. The number of hydrogen-bond donors (Lipinski definition) is 2. The first-order chi connectivity index (χ1) is 9.90. The van der Waals surface area contributed by atoms with Crippen LogP contribution in [0.3, 0.4) is 0 Å². The molecule has 2 rings (SSSR count). The molecule has 1 aliphatic heterocycles. The first kappa shape index (κ1) is 15.2. The van der Waals surface area contributed by atoms with E-state index >= 15 is 0 Å². The molecule has 1 aromatic carbocycles. The number of carboxylic acids is 1. The zero-order valence-corrected chi connectivity index (χ0v) is 12.0. The smallest absolute Gasteiger partial charge is 0.336 e. The Morgan fingerprint density at radius 1 is 1.57 bits per heavy atom. The van der Waals surface area contributed by atoms with Crippen LogP contribution in [0, 0.1) is 23.0 Å². The number of carbonyl (C=O) groups is 1. The third-order valence-electron chi connectivity index (χ3n) is 3.88. The van der Waals surface area contributed by atoms with Gasteiger partial charge in [0.25, 0.3) is 5.69 Å². The second-order valence-electron chi connectivity index (χ2n) is 5.29. The lowest BCUT2D eigenvalue weighted by Gasteiger charge is -2.22. The maximum atomic E-state index is 11.1. The predicted molar refractivity (Wildman–Crippen MR) is 76.8 cm³/mol. The van der Waals surface area contributed by atoms with E-state index in [0.717, 1.165) is 12.5 Å². The van der Waals surface area contributed by atoms with Gasteiger partial charge in [0.1, 0.15) is 0 Å². The number of anilines is 1. The average Bonchev–Trinajstić information content (AvgIpc) is 2.94. The molecule has 1 heterocycles. The van der Waals surface area contributed by atoms with Crippen LogP contribution in [0.15, 0.2) is 12.1 Å². The Hall–Kier alpha value is -2.15. The van der Waals surface area contributed by atoms with Gasteiger partial charge in [-0.15, -0.1) is 0 Å². The number of carboxylic acid groups (broad SMARTS) is 1. The highest BCUT2D eigenvalue weighted by Gasteiger charge is 2.25. The van der Waals surface area contributed by atoms with E-state index in [9.17, 15) is 14.9 Å². The van der Waals surface area contributed by atoms with Gasteiger partial charge in [-0.05, 0) is 26.3 Å². The van der Waals surface area contributed by atoms with Crippen molar-refractivity contribution in [3.05, 3.63) is 33.4 Å². The highest BCUT2D eigenvalue weighted by molar-refractivity contribution is 5.90. The fourth-order valence-corrected chi connectivity index (χ4v) is 2.47. The standard InChI is InChI=1S/C14H18N2O5/c1-8-12(15-9(2)10-3-4-21-7-10)5-11(14(17)18)6-13(8)16(19)20/h5-6,9-10,15H,3-4,7H2,1-2H3,(H,17,18). The average molecular weight is 294 g/mol. The highest BCUT2D eigenvalue weighted by atomic mass is 16.6. The molecule has 0 saturated carbocycles. The Kier molecular flexibility index (Phi) is 4.42. The zero-order chi connectivity index (χ0) is 15.6. The van der Waals surface area contributed by atoms with Gasteiger partial charge in [0.15, 0.2) is 0 Å². The molecule has 0 bridgehead atoms. The van der Waals surface area contributed by atoms with Gasteiger partial charge >= 0.3 is 5.97 Å². The number of aromatic carboxylic acids is 1. The SMILES string of the molecule is Cc1c(NC(C)C2CCOC2)cc(C(=O)O)cc1[N+](=O)[O-]. The summed E-state index contributed by atoms with van der Waals surface area (Å²) < 4.78 is 5.33. The number of ether oxygens (including phenoxy) is 1. The number of nitro groups is 1. The molecule has 7 nitrogen and oxygen atoms in total. The van der Waals surface area contributed by atoms with Crippen LogP contribution in [0.1, 0.15) is 29.3 Å².